The summed E-state index contributed by atoms with van der Waals surface area (Å²) in [5, 5.41) is 6.18. The minimum atomic E-state index is 0. The molecular weight excluding hydrogens is 357 g/mol. The van der Waals surface area contributed by atoms with Crippen LogP contribution in [0.2, 0.25) is 0 Å². The Balaban J connectivity index is 0. The standard InChI is InChI=1S/C13H25N3O2.HI/c1-4-8-15-13(14-5-2)16-9-6-7-10-18-12-11-17-3;/h1H,5-12H2,2-3H3,(H2,14,15,16);1H. The molecule has 0 fully saturated rings. The number of ether oxygens (including phenoxy) is 2. The van der Waals surface area contributed by atoms with Gasteiger partial charge >= 0.3 is 0 Å². The van der Waals surface area contributed by atoms with E-state index in [0.717, 1.165) is 38.5 Å². The van der Waals surface area contributed by atoms with E-state index in [2.05, 4.69) is 21.5 Å². The zero-order chi connectivity index (χ0) is 13.5. The Morgan fingerprint density at radius 3 is 2.63 bits per heavy atom. The predicted molar refractivity (Wildman–Crippen MR) is 90.2 cm³/mol. The normalized spacial score (nSPS) is 10.5. The number of methoxy groups -OCH3 is 1. The molecule has 6 heteroatoms. The van der Waals surface area contributed by atoms with E-state index < -0.39 is 0 Å². The lowest BCUT2D eigenvalue weighted by Crippen LogP contribution is -2.37. The predicted octanol–water partition coefficient (Wildman–Crippen LogP) is 1.24. The van der Waals surface area contributed by atoms with Crippen LogP contribution in [0, 0.1) is 12.3 Å². The average Bonchev–Trinajstić information content (AvgIpc) is 2.39. The van der Waals surface area contributed by atoms with Crippen molar-refractivity contribution in [1.82, 2.24) is 10.6 Å². The van der Waals surface area contributed by atoms with E-state index in [1.165, 1.54) is 0 Å². The van der Waals surface area contributed by atoms with Crippen molar-refractivity contribution in [2.45, 2.75) is 19.8 Å². The van der Waals surface area contributed by atoms with Gasteiger partial charge in [-0.3, -0.25) is 4.99 Å². The van der Waals surface area contributed by atoms with Gasteiger partial charge in [-0.15, -0.1) is 30.4 Å². The maximum absolute atomic E-state index is 5.36. The smallest absolute Gasteiger partial charge is 0.192 e. The molecule has 0 aromatic rings. The minimum absolute atomic E-state index is 0. The van der Waals surface area contributed by atoms with Crippen molar-refractivity contribution in [2.75, 3.05) is 46.6 Å². The molecule has 0 bridgehead atoms. The quantitative estimate of drug-likeness (QED) is 0.196. The van der Waals surface area contributed by atoms with Crippen molar-refractivity contribution in [3.05, 3.63) is 0 Å². The van der Waals surface area contributed by atoms with E-state index in [0.29, 0.717) is 19.8 Å². The van der Waals surface area contributed by atoms with Gasteiger partial charge in [0.2, 0.25) is 0 Å². The molecule has 0 heterocycles. The zero-order valence-corrected chi connectivity index (χ0v) is 14.2. The van der Waals surface area contributed by atoms with Crippen LogP contribution < -0.4 is 10.6 Å². The molecule has 112 valence electrons. The summed E-state index contributed by atoms with van der Waals surface area (Å²) in [6.07, 6.45) is 7.19. The molecule has 0 aliphatic carbocycles. The molecule has 0 rings (SSSR count). The van der Waals surface area contributed by atoms with Crippen LogP contribution in [0.5, 0.6) is 0 Å². The Kier molecular flexibility index (Phi) is 19.1. The summed E-state index contributed by atoms with van der Waals surface area (Å²) in [6, 6.07) is 0. The fourth-order valence-corrected chi connectivity index (χ4v) is 1.23. The number of hydrogen-bond donors (Lipinski definition) is 2. The summed E-state index contributed by atoms with van der Waals surface area (Å²) in [7, 11) is 1.67. The highest BCUT2D eigenvalue weighted by molar-refractivity contribution is 14.0. The van der Waals surface area contributed by atoms with Crippen molar-refractivity contribution in [3.63, 3.8) is 0 Å². The van der Waals surface area contributed by atoms with Crippen LogP contribution in [0.15, 0.2) is 4.99 Å². The molecule has 0 aromatic heterocycles. The zero-order valence-electron chi connectivity index (χ0n) is 11.9. The third-order valence-corrected chi connectivity index (χ3v) is 2.10. The molecule has 0 amide bonds. The molecule has 0 radical (unpaired) electrons. The van der Waals surface area contributed by atoms with Gasteiger partial charge in [0.25, 0.3) is 0 Å². The Hall–Kier alpha value is -0.520. The Labute approximate surface area is 133 Å². The van der Waals surface area contributed by atoms with E-state index in [1.807, 2.05) is 6.92 Å². The molecular formula is C13H26IN3O2. The number of unbranched alkanes of at least 4 members (excludes halogenated alkanes) is 1. The van der Waals surface area contributed by atoms with Gasteiger partial charge in [-0.05, 0) is 19.8 Å². The van der Waals surface area contributed by atoms with Gasteiger partial charge in [-0.1, -0.05) is 5.92 Å². The molecule has 0 unspecified atom stereocenters. The van der Waals surface area contributed by atoms with E-state index >= 15 is 0 Å². The highest BCUT2D eigenvalue weighted by atomic mass is 127. The molecule has 2 N–H and O–H groups in total. The number of nitrogens with zero attached hydrogens (tertiary/aromatic N) is 1. The van der Waals surface area contributed by atoms with Crippen LogP contribution in [-0.2, 0) is 9.47 Å². The van der Waals surface area contributed by atoms with E-state index in [4.69, 9.17) is 15.9 Å². The Morgan fingerprint density at radius 2 is 2.00 bits per heavy atom. The first kappa shape index (κ1) is 20.8. The molecule has 0 aliphatic heterocycles. The molecule has 0 atom stereocenters. The third kappa shape index (κ3) is 15.4. The van der Waals surface area contributed by atoms with Crippen LogP contribution in [0.1, 0.15) is 19.8 Å². The van der Waals surface area contributed by atoms with Gasteiger partial charge in [0.15, 0.2) is 5.96 Å². The summed E-state index contributed by atoms with van der Waals surface area (Å²) >= 11 is 0. The number of guanidine groups is 1. The second-order valence-corrected chi connectivity index (χ2v) is 3.63. The van der Waals surface area contributed by atoms with E-state index in [1.54, 1.807) is 7.11 Å². The maximum Gasteiger partial charge on any atom is 0.192 e. The lowest BCUT2D eigenvalue weighted by atomic mass is 10.3. The van der Waals surface area contributed by atoms with Crippen LogP contribution in [0.3, 0.4) is 0 Å². The molecule has 5 nitrogen and oxygen atoms in total. The number of nitrogens with one attached hydrogen (secondary N) is 2. The first-order chi connectivity index (χ1) is 8.85. The van der Waals surface area contributed by atoms with Gasteiger partial charge in [-0.2, -0.15) is 0 Å². The maximum atomic E-state index is 5.36. The number of terminal acetylenes is 1. The number of halogens is 1. The minimum Gasteiger partial charge on any atom is -0.382 e. The first-order valence-corrected chi connectivity index (χ1v) is 6.37. The van der Waals surface area contributed by atoms with Crippen molar-refractivity contribution in [1.29, 1.82) is 0 Å². The summed E-state index contributed by atoms with van der Waals surface area (Å²) in [6.45, 7) is 6.19. The van der Waals surface area contributed by atoms with Crippen LogP contribution in [-0.4, -0.2) is 52.5 Å². The largest absolute Gasteiger partial charge is 0.382 e. The summed E-state index contributed by atoms with van der Waals surface area (Å²) < 4.78 is 10.2. The third-order valence-electron chi connectivity index (χ3n) is 2.10. The van der Waals surface area contributed by atoms with Crippen LogP contribution in [0.25, 0.3) is 0 Å². The fourth-order valence-electron chi connectivity index (χ4n) is 1.23. The van der Waals surface area contributed by atoms with Crippen molar-refractivity contribution < 1.29 is 9.47 Å². The van der Waals surface area contributed by atoms with Gasteiger partial charge in [0.05, 0.1) is 19.8 Å². The monoisotopic (exact) mass is 383 g/mol. The number of hydrogen-bond acceptors (Lipinski definition) is 3. The highest BCUT2D eigenvalue weighted by Crippen LogP contribution is 1.91. The van der Waals surface area contributed by atoms with Gasteiger partial charge < -0.3 is 20.1 Å². The van der Waals surface area contributed by atoms with Crippen molar-refractivity contribution in [2.24, 2.45) is 4.99 Å². The molecule has 0 saturated heterocycles. The van der Waals surface area contributed by atoms with E-state index in [9.17, 15) is 0 Å². The van der Waals surface area contributed by atoms with Crippen molar-refractivity contribution >= 4 is 29.9 Å². The van der Waals surface area contributed by atoms with Crippen LogP contribution in [0.4, 0.5) is 0 Å². The van der Waals surface area contributed by atoms with Gasteiger partial charge in [0.1, 0.15) is 0 Å². The van der Waals surface area contributed by atoms with Crippen LogP contribution >= 0.6 is 24.0 Å². The van der Waals surface area contributed by atoms with Gasteiger partial charge in [0, 0.05) is 26.8 Å². The molecule has 0 aromatic carbocycles. The average molecular weight is 383 g/mol. The van der Waals surface area contributed by atoms with Gasteiger partial charge in [-0.25, -0.2) is 0 Å². The topological polar surface area (TPSA) is 54.9 Å². The first-order valence-electron chi connectivity index (χ1n) is 6.37. The number of aliphatic imine (C=N–C) groups is 1. The lowest BCUT2D eigenvalue weighted by Gasteiger charge is -2.08. The summed E-state index contributed by atoms with van der Waals surface area (Å²) in [5.41, 5.74) is 0. The summed E-state index contributed by atoms with van der Waals surface area (Å²) in [5.74, 6) is 3.30. The SMILES string of the molecule is C#CCNC(=NCCCCOCCOC)NCC.I. The Bertz CT molecular complexity index is 255. The lowest BCUT2D eigenvalue weighted by molar-refractivity contribution is 0.0690. The molecule has 19 heavy (non-hydrogen) atoms. The second kappa shape index (κ2) is 17.5. The molecule has 0 spiro atoms. The summed E-state index contributed by atoms with van der Waals surface area (Å²) in [4.78, 5) is 4.40. The van der Waals surface area contributed by atoms with E-state index in [-0.39, 0.29) is 24.0 Å². The fraction of sp³-hybridized carbons (Fsp3) is 0.769. The number of rotatable bonds is 10. The highest BCUT2D eigenvalue weighted by Gasteiger charge is 1.94. The second-order valence-electron chi connectivity index (χ2n) is 3.63. The molecule has 0 aliphatic rings. The molecule has 0 saturated carbocycles. The van der Waals surface area contributed by atoms with Crippen molar-refractivity contribution in [3.8, 4) is 12.3 Å². The Morgan fingerprint density at radius 1 is 1.21 bits per heavy atom.